The lowest BCUT2D eigenvalue weighted by molar-refractivity contribution is 0.102. The molecule has 0 atom stereocenters. The second-order valence-electron chi connectivity index (χ2n) is 5.61. The molecule has 0 aliphatic heterocycles. The first-order chi connectivity index (χ1) is 12.1. The minimum absolute atomic E-state index is 0. The summed E-state index contributed by atoms with van der Waals surface area (Å²) in [5, 5.41) is 4.11. The van der Waals surface area contributed by atoms with Crippen molar-refractivity contribution in [3.05, 3.63) is 65.0 Å². The number of amides is 1. The highest BCUT2D eigenvalue weighted by atomic mass is 35.5. The van der Waals surface area contributed by atoms with Gasteiger partial charge in [-0.05, 0) is 31.2 Å². The van der Waals surface area contributed by atoms with E-state index in [0.29, 0.717) is 22.2 Å². The predicted octanol–water partition coefficient (Wildman–Crippen LogP) is 5.31. The molecule has 4 aromatic rings. The number of aromatic nitrogens is 3. The number of fused-ring (bicyclic) bond motifs is 3. The van der Waals surface area contributed by atoms with Crippen LogP contribution in [0.25, 0.3) is 21.8 Å². The van der Waals surface area contributed by atoms with Crippen LogP contribution in [0, 0.1) is 12.7 Å². The molecular formula is C18H14Cl3FN4O. The number of pyridine rings is 2. The molecule has 27 heavy (non-hydrogen) atoms. The number of anilines is 1. The third kappa shape index (κ3) is 3.56. The van der Waals surface area contributed by atoms with Crippen LogP contribution in [-0.4, -0.2) is 20.9 Å². The summed E-state index contributed by atoms with van der Waals surface area (Å²) in [6, 6.07) is 6.63. The summed E-state index contributed by atoms with van der Waals surface area (Å²) < 4.78 is 14.6. The van der Waals surface area contributed by atoms with E-state index < -0.39 is 11.7 Å². The van der Waals surface area contributed by atoms with Gasteiger partial charge in [-0.1, -0.05) is 11.6 Å². The lowest BCUT2D eigenvalue weighted by Gasteiger charge is -2.10. The molecule has 0 saturated heterocycles. The topological polar surface area (TPSA) is 70.7 Å². The van der Waals surface area contributed by atoms with Gasteiger partial charge in [-0.2, -0.15) is 0 Å². The Morgan fingerprint density at radius 2 is 2.00 bits per heavy atom. The Hall–Kier alpha value is -2.41. The summed E-state index contributed by atoms with van der Waals surface area (Å²) in [6.45, 7) is 1.72. The molecular weight excluding hydrogens is 414 g/mol. The zero-order chi connectivity index (χ0) is 17.6. The van der Waals surface area contributed by atoms with Gasteiger partial charge in [0.25, 0.3) is 5.91 Å². The maximum absolute atomic E-state index is 14.6. The van der Waals surface area contributed by atoms with Crippen molar-refractivity contribution in [1.29, 1.82) is 0 Å². The Morgan fingerprint density at radius 3 is 2.74 bits per heavy atom. The first-order valence-electron chi connectivity index (χ1n) is 7.52. The van der Waals surface area contributed by atoms with E-state index in [-0.39, 0.29) is 35.5 Å². The molecule has 3 aromatic heterocycles. The number of H-pyrrole nitrogens is 1. The third-order valence-corrected chi connectivity index (χ3v) is 4.36. The third-order valence-electron chi connectivity index (χ3n) is 4.08. The number of carbonyl (C=O) groups is 1. The van der Waals surface area contributed by atoms with Gasteiger partial charge >= 0.3 is 0 Å². The first-order valence-corrected chi connectivity index (χ1v) is 7.90. The molecule has 1 aromatic carbocycles. The Balaban J connectivity index is 0.00000131. The highest BCUT2D eigenvalue weighted by Crippen LogP contribution is 2.36. The van der Waals surface area contributed by atoms with Crippen LogP contribution in [0.15, 0.2) is 42.9 Å². The van der Waals surface area contributed by atoms with Crippen LogP contribution in [0.3, 0.4) is 0 Å². The maximum Gasteiger partial charge on any atom is 0.257 e. The van der Waals surface area contributed by atoms with E-state index in [0.717, 1.165) is 10.9 Å². The number of benzene rings is 1. The van der Waals surface area contributed by atoms with E-state index in [9.17, 15) is 9.18 Å². The largest absolute Gasteiger partial charge is 0.351 e. The van der Waals surface area contributed by atoms with Crippen LogP contribution in [0.4, 0.5) is 10.1 Å². The first kappa shape index (κ1) is 20.9. The van der Waals surface area contributed by atoms with Crippen LogP contribution in [0.5, 0.6) is 0 Å². The molecule has 9 heteroatoms. The fraction of sp³-hybridized carbons (Fsp3) is 0.0556. The van der Waals surface area contributed by atoms with Gasteiger partial charge in [0, 0.05) is 28.9 Å². The van der Waals surface area contributed by atoms with Crippen molar-refractivity contribution in [1.82, 2.24) is 15.0 Å². The van der Waals surface area contributed by atoms with Crippen molar-refractivity contribution < 1.29 is 9.18 Å². The molecule has 0 radical (unpaired) electrons. The van der Waals surface area contributed by atoms with Gasteiger partial charge < -0.3 is 10.3 Å². The molecule has 0 saturated carbocycles. The molecule has 3 heterocycles. The Kier molecular flexibility index (Phi) is 6.26. The SMILES string of the molecule is Cc1ncccc1C(=O)Nc1c(F)c(Cl)cc2c1[nH]c1cnccc12.Cl.Cl. The summed E-state index contributed by atoms with van der Waals surface area (Å²) in [5.41, 5.74) is 2.12. The van der Waals surface area contributed by atoms with Gasteiger partial charge in [0.05, 0.1) is 27.8 Å². The second kappa shape index (κ2) is 8.08. The summed E-state index contributed by atoms with van der Waals surface area (Å²) in [6.07, 6.45) is 4.87. The Morgan fingerprint density at radius 1 is 1.22 bits per heavy atom. The minimum Gasteiger partial charge on any atom is -0.351 e. The van der Waals surface area contributed by atoms with Gasteiger partial charge in [0.1, 0.15) is 5.69 Å². The number of rotatable bonds is 2. The number of nitrogens with one attached hydrogen (secondary N) is 2. The molecule has 2 N–H and O–H groups in total. The number of nitrogens with zero attached hydrogens (tertiary/aromatic N) is 2. The molecule has 1 amide bonds. The maximum atomic E-state index is 14.6. The quantitative estimate of drug-likeness (QED) is 0.455. The average molecular weight is 428 g/mol. The molecule has 0 bridgehead atoms. The smallest absolute Gasteiger partial charge is 0.257 e. The van der Waals surface area contributed by atoms with Crippen molar-refractivity contribution in [2.45, 2.75) is 6.92 Å². The predicted molar refractivity (Wildman–Crippen MR) is 110 cm³/mol. The molecule has 0 aliphatic carbocycles. The van der Waals surface area contributed by atoms with Crippen molar-refractivity contribution in [3.8, 4) is 0 Å². The fourth-order valence-corrected chi connectivity index (χ4v) is 3.06. The standard InChI is InChI=1S/C18H12ClFN4O.2ClH/c1-9-10(3-2-5-22-9)18(25)24-17-15(20)13(19)7-12-11-4-6-21-8-14(11)23-16(12)17;;/h2-8,23H,1H3,(H,24,25);2*1H. The number of halogens is 4. The number of hydrogen-bond acceptors (Lipinski definition) is 3. The highest BCUT2D eigenvalue weighted by molar-refractivity contribution is 6.33. The Labute approximate surface area is 171 Å². The highest BCUT2D eigenvalue weighted by Gasteiger charge is 2.19. The molecule has 0 spiro atoms. The minimum atomic E-state index is -0.691. The number of aromatic amines is 1. The number of aryl methyl sites for hydroxylation is 1. The molecule has 4 rings (SSSR count). The molecule has 0 unspecified atom stereocenters. The van der Waals surface area contributed by atoms with Crippen molar-refractivity contribution in [3.63, 3.8) is 0 Å². The van der Waals surface area contributed by atoms with E-state index in [1.54, 1.807) is 43.7 Å². The van der Waals surface area contributed by atoms with Crippen LogP contribution in [0.1, 0.15) is 16.1 Å². The van der Waals surface area contributed by atoms with Crippen LogP contribution in [0.2, 0.25) is 5.02 Å². The van der Waals surface area contributed by atoms with Gasteiger partial charge in [0.15, 0.2) is 5.82 Å². The van der Waals surface area contributed by atoms with Gasteiger partial charge in [-0.3, -0.25) is 14.8 Å². The van der Waals surface area contributed by atoms with E-state index in [1.807, 2.05) is 0 Å². The summed E-state index contributed by atoms with van der Waals surface area (Å²) >= 11 is 6.04. The van der Waals surface area contributed by atoms with Crippen molar-refractivity contribution >= 4 is 69.8 Å². The van der Waals surface area contributed by atoms with Crippen LogP contribution < -0.4 is 5.32 Å². The van der Waals surface area contributed by atoms with E-state index >= 15 is 0 Å². The zero-order valence-electron chi connectivity index (χ0n) is 13.9. The monoisotopic (exact) mass is 426 g/mol. The van der Waals surface area contributed by atoms with Crippen molar-refractivity contribution in [2.24, 2.45) is 0 Å². The van der Waals surface area contributed by atoms with Gasteiger partial charge in [-0.25, -0.2) is 4.39 Å². The zero-order valence-corrected chi connectivity index (χ0v) is 16.3. The van der Waals surface area contributed by atoms with E-state index in [1.165, 1.54) is 6.07 Å². The Bertz CT molecular complexity index is 1150. The van der Waals surface area contributed by atoms with E-state index in [2.05, 4.69) is 20.3 Å². The van der Waals surface area contributed by atoms with Crippen LogP contribution >= 0.6 is 36.4 Å². The molecule has 5 nitrogen and oxygen atoms in total. The van der Waals surface area contributed by atoms with Gasteiger partial charge in [0.2, 0.25) is 0 Å². The van der Waals surface area contributed by atoms with Gasteiger partial charge in [-0.15, -0.1) is 24.8 Å². The second-order valence-corrected chi connectivity index (χ2v) is 6.01. The summed E-state index contributed by atoms with van der Waals surface area (Å²) in [5.74, 6) is -1.14. The summed E-state index contributed by atoms with van der Waals surface area (Å²) in [7, 11) is 0. The summed E-state index contributed by atoms with van der Waals surface area (Å²) in [4.78, 5) is 23.8. The van der Waals surface area contributed by atoms with Crippen molar-refractivity contribution in [2.75, 3.05) is 5.32 Å². The van der Waals surface area contributed by atoms with Crippen LogP contribution in [-0.2, 0) is 0 Å². The van der Waals surface area contributed by atoms with E-state index in [4.69, 9.17) is 11.6 Å². The average Bonchev–Trinajstić information content (AvgIpc) is 2.97. The molecule has 0 aliphatic rings. The lowest BCUT2D eigenvalue weighted by Crippen LogP contribution is -2.15. The molecule has 140 valence electrons. The lowest BCUT2D eigenvalue weighted by atomic mass is 10.1. The molecule has 0 fully saturated rings. The number of hydrogen-bond donors (Lipinski definition) is 2. The fourth-order valence-electron chi connectivity index (χ4n) is 2.85. The normalized spacial score (nSPS) is 10.3. The number of carbonyl (C=O) groups excluding carboxylic acids is 1.